The summed E-state index contributed by atoms with van der Waals surface area (Å²) in [5.74, 6) is -0.694. The molecule has 98 valence electrons. The smallest absolute Gasteiger partial charge is 0.417 e. The predicted molar refractivity (Wildman–Crippen MR) is 62.1 cm³/mol. The molecule has 1 aromatic rings. The fraction of sp³-hybridized carbons (Fsp3) is 0.250. The normalized spacial score (nSPS) is 11.8. The molecule has 0 saturated carbocycles. The van der Waals surface area contributed by atoms with Crippen LogP contribution in [0.4, 0.5) is 13.2 Å². The largest absolute Gasteiger partial charge is 0.463 e. The molecule has 0 bridgehead atoms. The molecule has 0 aliphatic carbocycles. The number of carbonyl (C=O) groups excluding carboxylic acids is 1. The molecule has 0 N–H and O–H groups in total. The standard InChI is InChI=1S/C12H10ClF3O2/c1-2-18-11(17)6-4-8-3-5-9(13)7-10(8)12(14,15)16/h3-7H,2H2,1H3. The fourth-order valence-electron chi connectivity index (χ4n) is 1.27. The number of alkyl halides is 3. The lowest BCUT2D eigenvalue weighted by Crippen LogP contribution is -2.07. The second kappa shape index (κ2) is 5.91. The van der Waals surface area contributed by atoms with E-state index in [-0.39, 0.29) is 17.2 Å². The molecule has 0 atom stereocenters. The number of halogens is 4. The van der Waals surface area contributed by atoms with Gasteiger partial charge in [0.25, 0.3) is 0 Å². The summed E-state index contributed by atoms with van der Waals surface area (Å²) in [6.45, 7) is 1.77. The minimum absolute atomic E-state index is 0.0180. The topological polar surface area (TPSA) is 26.3 Å². The Labute approximate surface area is 107 Å². The Morgan fingerprint density at radius 1 is 1.44 bits per heavy atom. The summed E-state index contributed by atoms with van der Waals surface area (Å²) in [5.41, 5.74) is -1.03. The van der Waals surface area contributed by atoms with Crippen LogP contribution in [0.2, 0.25) is 5.02 Å². The molecule has 18 heavy (non-hydrogen) atoms. The van der Waals surface area contributed by atoms with Crippen molar-refractivity contribution in [3.05, 3.63) is 40.4 Å². The van der Waals surface area contributed by atoms with Crippen LogP contribution in [0.15, 0.2) is 24.3 Å². The molecule has 1 rings (SSSR count). The first kappa shape index (κ1) is 14.6. The maximum atomic E-state index is 12.7. The molecular weight excluding hydrogens is 269 g/mol. The number of esters is 1. The van der Waals surface area contributed by atoms with E-state index in [1.807, 2.05) is 0 Å². The Bertz CT molecular complexity index is 467. The average molecular weight is 279 g/mol. The van der Waals surface area contributed by atoms with E-state index in [1.54, 1.807) is 6.92 Å². The van der Waals surface area contributed by atoms with E-state index in [2.05, 4.69) is 4.74 Å². The Hall–Kier alpha value is -1.49. The molecule has 6 heteroatoms. The lowest BCUT2D eigenvalue weighted by molar-refractivity contribution is -0.138. The summed E-state index contributed by atoms with van der Waals surface area (Å²) < 4.78 is 42.7. The van der Waals surface area contributed by atoms with Crippen LogP contribution in [0.5, 0.6) is 0 Å². The molecule has 0 radical (unpaired) electrons. The van der Waals surface area contributed by atoms with Gasteiger partial charge in [0.05, 0.1) is 12.2 Å². The highest BCUT2D eigenvalue weighted by Crippen LogP contribution is 2.34. The van der Waals surface area contributed by atoms with Crippen LogP contribution in [0.3, 0.4) is 0 Å². The number of ether oxygens (including phenoxy) is 1. The number of rotatable bonds is 3. The van der Waals surface area contributed by atoms with Gasteiger partial charge >= 0.3 is 12.1 Å². The predicted octanol–water partition coefficient (Wildman–Crippen LogP) is 3.94. The number of hydrogen-bond donors (Lipinski definition) is 0. The summed E-state index contributed by atoms with van der Waals surface area (Å²) in [6.07, 6.45) is -2.53. The van der Waals surface area contributed by atoms with Crippen LogP contribution >= 0.6 is 11.6 Å². The van der Waals surface area contributed by atoms with Crippen molar-refractivity contribution in [3.63, 3.8) is 0 Å². The van der Waals surface area contributed by atoms with Crippen molar-refractivity contribution in [1.29, 1.82) is 0 Å². The molecule has 0 fully saturated rings. The molecular formula is C12H10ClF3O2. The van der Waals surface area contributed by atoms with Gasteiger partial charge in [-0.05, 0) is 30.7 Å². The zero-order chi connectivity index (χ0) is 13.8. The Balaban J connectivity index is 3.06. The molecule has 0 spiro atoms. The Morgan fingerprint density at radius 3 is 2.67 bits per heavy atom. The highest BCUT2D eigenvalue weighted by molar-refractivity contribution is 6.30. The molecule has 1 aromatic carbocycles. The van der Waals surface area contributed by atoms with Gasteiger partial charge in [-0.25, -0.2) is 4.79 Å². The lowest BCUT2D eigenvalue weighted by atomic mass is 10.1. The Morgan fingerprint density at radius 2 is 2.11 bits per heavy atom. The van der Waals surface area contributed by atoms with Crippen LogP contribution < -0.4 is 0 Å². The van der Waals surface area contributed by atoms with Crippen LogP contribution in [-0.2, 0) is 15.7 Å². The number of benzene rings is 1. The lowest BCUT2D eigenvalue weighted by Gasteiger charge is -2.10. The van der Waals surface area contributed by atoms with Crippen LogP contribution in [0.25, 0.3) is 6.08 Å². The molecule has 0 aliphatic heterocycles. The summed E-state index contributed by atoms with van der Waals surface area (Å²) in [7, 11) is 0. The highest BCUT2D eigenvalue weighted by atomic mass is 35.5. The van der Waals surface area contributed by atoms with Crippen molar-refractivity contribution in [1.82, 2.24) is 0 Å². The van der Waals surface area contributed by atoms with Gasteiger partial charge in [0, 0.05) is 11.1 Å². The van der Waals surface area contributed by atoms with Crippen molar-refractivity contribution in [2.75, 3.05) is 6.61 Å². The third-order valence-electron chi connectivity index (χ3n) is 2.01. The second-order valence-electron chi connectivity index (χ2n) is 3.31. The summed E-state index contributed by atoms with van der Waals surface area (Å²) in [5, 5.41) is -0.0180. The SMILES string of the molecule is CCOC(=O)C=Cc1ccc(Cl)cc1C(F)(F)F. The number of carbonyl (C=O) groups is 1. The van der Waals surface area contributed by atoms with Gasteiger partial charge in [0.2, 0.25) is 0 Å². The molecule has 0 saturated heterocycles. The second-order valence-corrected chi connectivity index (χ2v) is 3.75. The summed E-state index contributed by atoms with van der Waals surface area (Å²) in [4.78, 5) is 11.0. The first-order valence-electron chi connectivity index (χ1n) is 5.06. The maximum Gasteiger partial charge on any atom is 0.417 e. The van der Waals surface area contributed by atoms with E-state index < -0.39 is 17.7 Å². The molecule has 0 aromatic heterocycles. The molecule has 2 nitrogen and oxygen atoms in total. The van der Waals surface area contributed by atoms with E-state index in [4.69, 9.17) is 11.6 Å². The molecule has 0 heterocycles. The van der Waals surface area contributed by atoms with Gasteiger partial charge in [-0.1, -0.05) is 17.7 Å². The van der Waals surface area contributed by atoms with Gasteiger partial charge in [0.1, 0.15) is 0 Å². The first-order chi connectivity index (χ1) is 8.34. The van der Waals surface area contributed by atoms with Gasteiger partial charge < -0.3 is 4.74 Å². The average Bonchev–Trinajstić information content (AvgIpc) is 2.26. The van der Waals surface area contributed by atoms with Gasteiger partial charge in [0.15, 0.2) is 0 Å². The van der Waals surface area contributed by atoms with Gasteiger partial charge in [-0.15, -0.1) is 0 Å². The maximum absolute atomic E-state index is 12.7. The monoisotopic (exact) mass is 278 g/mol. The molecule has 0 aliphatic rings. The van der Waals surface area contributed by atoms with Crippen molar-refractivity contribution in [2.45, 2.75) is 13.1 Å². The summed E-state index contributed by atoms with van der Waals surface area (Å²) in [6, 6.07) is 3.33. The zero-order valence-corrected chi connectivity index (χ0v) is 10.2. The van der Waals surface area contributed by atoms with E-state index in [1.165, 1.54) is 12.1 Å². The first-order valence-corrected chi connectivity index (χ1v) is 5.44. The van der Waals surface area contributed by atoms with Crippen molar-refractivity contribution < 1.29 is 22.7 Å². The minimum Gasteiger partial charge on any atom is -0.463 e. The number of hydrogen-bond acceptors (Lipinski definition) is 2. The van der Waals surface area contributed by atoms with E-state index in [9.17, 15) is 18.0 Å². The van der Waals surface area contributed by atoms with E-state index in [0.717, 1.165) is 18.2 Å². The van der Waals surface area contributed by atoms with E-state index in [0.29, 0.717) is 0 Å². The van der Waals surface area contributed by atoms with Gasteiger partial charge in [-0.3, -0.25) is 0 Å². The molecule has 0 unspecified atom stereocenters. The van der Waals surface area contributed by atoms with Crippen LogP contribution in [-0.4, -0.2) is 12.6 Å². The van der Waals surface area contributed by atoms with Crippen LogP contribution in [0.1, 0.15) is 18.1 Å². The Kier molecular flexibility index (Phi) is 4.78. The fourth-order valence-corrected chi connectivity index (χ4v) is 1.44. The van der Waals surface area contributed by atoms with Crippen LogP contribution in [0, 0.1) is 0 Å². The third kappa shape index (κ3) is 4.07. The summed E-state index contributed by atoms with van der Waals surface area (Å²) >= 11 is 5.52. The van der Waals surface area contributed by atoms with Crippen molar-refractivity contribution >= 4 is 23.6 Å². The van der Waals surface area contributed by atoms with Crippen molar-refractivity contribution in [2.24, 2.45) is 0 Å². The van der Waals surface area contributed by atoms with Gasteiger partial charge in [-0.2, -0.15) is 13.2 Å². The van der Waals surface area contributed by atoms with Crippen molar-refractivity contribution in [3.8, 4) is 0 Å². The third-order valence-corrected chi connectivity index (χ3v) is 2.24. The highest BCUT2D eigenvalue weighted by Gasteiger charge is 2.32. The van der Waals surface area contributed by atoms with E-state index >= 15 is 0 Å². The zero-order valence-electron chi connectivity index (χ0n) is 9.42. The minimum atomic E-state index is -4.53. The molecule has 0 amide bonds. The quantitative estimate of drug-likeness (QED) is 0.618.